The molecule has 0 heterocycles. The topological polar surface area (TPSA) is 75.3 Å². The van der Waals surface area contributed by atoms with Gasteiger partial charge < -0.3 is 10.6 Å². The fraction of sp³-hybridized carbons (Fsp3) is 0.235. The molecule has 24 heavy (non-hydrogen) atoms. The summed E-state index contributed by atoms with van der Waals surface area (Å²) in [6.07, 6.45) is 0.990. The number of carbonyl (C=O) groups is 1. The summed E-state index contributed by atoms with van der Waals surface area (Å²) in [7, 11) is -3.61. The highest BCUT2D eigenvalue weighted by Crippen LogP contribution is 2.23. The molecule has 0 radical (unpaired) electrons. The van der Waals surface area contributed by atoms with Crippen molar-refractivity contribution in [2.75, 3.05) is 23.4 Å². The third-order valence-electron chi connectivity index (χ3n) is 3.53. The van der Waals surface area contributed by atoms with E-state index in [1.54, 1.807) is 0 Å². The maximum Gasteiger partial charge on any atom is 0.243 e. The first-order valence-electron chi connectivity index (χ1n) is 7.28. The number of sulfone groups is 1. The summed E-state index contributed by atoms with van der Waals surface area (Å²) in [5.74, 6) is -0.975. The van der Waals surface area contributed by atoms with Gasteiger partial charge in [0.05, 0.1) is 17.1 Å². The van der Waals surface area contributed by atoms with Crippen LogP contribution in [0.15, 0.2) is 41.3 Å². The van der Waals surface area contributed by atoms with Crippen molar-refractivity contribution in [2.24, 2.45) is 0 Å². The lowest BCUT2D eigenvalue weighted by Crippen LogP contribution is -2.23. The smallest absolute Gasteiger partial charge is 0.243 e. The van der Waals surface area contributed by atoms with Crippen molar-refractivity contribution in [3.8, 4) is 0 Å². The Labute approximate surface area is 140 Å². The molecule has 7 heteroatoms. The summed E-state index contributed by atoms with van der Waals surface area (Å²) in [4.78, 5) is 11.9. The monoisotopic (exact) mass is 350 g/mol. The Balaban J connectivity index is 2.13. The van der Waals surface area contributed by atoms with Gasteiger partial charge in [0.25, 0.3) is 0 Å². The molecule has 0 aromatic heterocycles. The van der Waals surface area contributed by atoms with E-state index in [2.05, 4.69) is 10.6 Å². The Morgan fingerprint density at radius 3 is 2.33 bits per heavy atom. The van der Waals surface area contributed by atoms with E-state index < -0.39 is 15.7 Å². The number of anilines is 2. The van der Waals surface area contributed by atoms with Gasteiger partial charge in [-0.3, -0.25) is 4.79 Å². The van der Waals surface area contributed by atoms with Gasteiger partial charge in [0.15, 0.2) is 9.84 Å². The minimum Gasteiger partial charge on any atom is -0.375 e. The standard InChI is InChI=1S/C17H19FN2O3S/c1-11-5-4-6-12(2)17(11)20-16(21)10-19-14-8-7-13(18)9-15(14)24(3,22)23/h4-9,19H,10H2,1-3H3,(H,20,21). The minimum atomic E-state index is -3.61. The summed E-state index contributed by atoms with van der Waals surface area (Å²) < 4.78 is 36.7. The fourth-order valence-electron chi connectivity index (χ4n) is 2.32. The minimum absolute atomic E-state index is 0.137. The van der Waals surface area contributed by atoms with Gasteiger partial charge >= 0.3 is 0 Å². The second-order valence-electron chi connectivity index (χ2n) is 5.58. The van der Waals surface area contributed by atoms with Crippen molar-refractivity contribution in [3.05, 3.63) is 53.3 Å². The molecule has 1 amide bonds. The zero-order valence-corrected chi connectivity index (χ0v) is 14.5. The molecule has 2 aromatic rings. The lowest BCUT2D eigenvalue weighted by molar-refractivity contribution is -0.114. The van der Waals surface area contributed by atoms with Crippen LogP contribution in [0.2, 0.25) is 0 Å². The van der Waals surface area contributed by atoms with Crippen molar-refractivity contribution < 1.29 is 17.6 Å². The molecule has 2 rings (SSSR count). The third-order valence-corrected chi connectivity index (χ3v) is 4.66. The predicted molar refractivity (Wildman–Crippen MR) is 92.5 cm³/mol. The van der Waals surface area contributed by atoms with Gasteiger partial charge in [-0.25, -0.2) is 12.8 Å². The van der Waals surface area contributed by atoms with E-state index in [4.69, 9.17) is 0 Å². The Kier molecular flexibility index (Phi) is 5.23. The summed E-state index contributed by atoms with van der Waals surface area (Å²) in [6.45, 7) is 3.64. The van der Waals surface area contributed by atoms with Crippen LogP contribution in [0.4, 0.5) is 15.8 Å². The number of aryl methyl sites for hydroxylation is 2. The molecule has 0 saturated carbocycles. The SMILES string of the molecule is Cc1cccc(C)c1NC(=O)CNc1ccc(F)cc1S(C)(=O)=O. The lowest BCUT2D eigenvalue weighted by Gasteiger charge is -2.13. The molecule has 2 aromatic carbocycles. The molecular weight excluding hydrogens is 331 g/mol. The van der Waals surface area contributed by atoms with E-state index in [1.165, 1.54) is 6.07 Å². The quantitative estimate of drug-likeness (QED) is 0.869. The maximum absolute atomic E-state index is 13.3. The van der Waals surface area contributed by atoms with Gasteiger partial charge in [0, 0.05) is 11.9 Å². The number of hydrogen-bond acceptors (Lipinski definition) is 4. The van der Waals surface area contributed by atoms with E-state index >= 15 is 0 Å². The first kappa shape index (κ1) is 17.9. The van der Waals surface area contributed by atoms with Crippen LogP contribution in [-0.4, -0.2) is 27.1 Å². The van der Waals surface area contributed by atoms with Crippen LogP contribution >= 0.6 is 0 Å². The molecule has 0 aliphatic heterocycles. The van der Waals surface area contributed by atoms with Crippen LogP contribution in [-0.2, 0) is 14.6 Å². The number of para-hydroxylation sites is 1. The molecule has 0 aliphatic carbocycles. The van der Waals surface area contributed by atoms with Crippen LogP contribution in [0.1, 0.15) is 11.1 Å². The molecule has 0 atom stereocenters. The van der Waals surface area contributed by atoms with Crippen LogP contribution in [0.3, 0.4) is 0 Å². The van der Waals surface area contributed by atoms with Gasteiger partial charge in [0.2, 0.25) is 5.91 Å². The Morgan fingerprint density at radius 2 is 1.75 bits per heavy atom. The molecule has 0 unspecified atom stereocenters. The molecule has 5 nitrogen and oxygen atoms in total. The molecule has 0 spiro atoms. The van der Waals surface area contributed by atoms with Gasteiger partial charge in [0.1, 0.15) is 5.82 Å². The second-order valence-corrected chi connectivity index (χ2v) is 7.57. The predicted octanol–water partition coefficient (Wildman–Crippen LogP) is 2.90. The van der Waals surface area contributed by atoms with Crippen LogP contribution < -0.4 is 10.6 Å². The number of halogens is 1. The Morgan fingerprint density at radius 1 is 1.12 bits per heavy atom. The van der Waals surface area contributed by atoms with Crippen LogP contribution in [0.5, 0.6) is 0 Å². The highest BCUT2D eigenvalue weighted by Gasteiger charge is 2.15. The van der Waals surface area contributed by atoms with Gasteiger partial charge in [-0.15, -0.1) is 0 Å². The van der Waals surface area contributed by atoms with Gasteiger partial charge in [-0.1, -0.05) is 18.2 Å². The summed E-state index contributed by atoms with van der Waals surface area (Å²) in [6, 6.07) is 9.05. The van der Waals surface area contributed by atoms with E-state index in [1.807, 2.05) is 32.0 Å². The van der Waals surface area contributed by atoms with E-state index in [0.29, 0.717) is 0 Å². The van der Waals surface area contributed by atoms with Crippen LogP contribution in [0, 0.1) is 19.7 Å². The number of rotatable bonds is 5. The van der Waals surface area contributed by atoms with Crippen molar-refractivity contribution in [2.45, 2.75) is 18.7 Å². The first-order chi connectivity index (χ1) is 11.2. The Hall–Kier alpha value is -2.41. The van der Waals surface area contributed by atoms with E-state index in [9.17, 15) is 17.6 Å². The molecule has 128 valence electrons. The number of hydrogen-bond donors (Lipinski definition) is 2. The van der Waals surface area contributed by atoms with E-state index in [0.717, 1.165) is 35.2 Å². The van der Waals surface area contributed by atoms with Gasteiger partial charge in [-0.05, 0) is 43.2 Å². The molecular formula is C17H19FN2O3S. The maximum atomic E-state index is 13.3. The molecule has 0 bridgehead atoms. The molecule has 0 fully saturated rings. The number of amides is 1. The highest BCUT2D eigenvalue weighted by molar-refractivity contribution is 7.90. The number of benzene rings is 2. The third kappa shape index (κ3) is 4.32. The average molecular weight is 350 g/mol. The zero-order valence-electron chi connectivity index (χ0n) is 13.7. The lowest BCUT2D eigenvalue weighted by atomic mass is 10.1. The number of carbonyl (C=O) groups excluding carboxylic acids is 1. The van der Waals surface area contributed by atoms with Gasteiger partial charge in [-0.2, -0.15) is 0 Å². The summed E-state index contributed by atoms with van der Waals surface area (Å²) >= 11 is 0. The molecule has 0 saturated heterocycles. The van der Waals surface area contributed by atoms with Crippen molar-refractivity contribution in [1.29, 1.82) is 0 Å². The average Bonchev–Trinajstić information content (AvgIpc) is 2.49. The zero-order chi connectivity index (χ0) is 17.9. The molecule has 0 aliphatic rings. The van der Waals surface area contributed by atoms with E-state index in [-0.39, 0.29) is 23.0 Å². The van der Waals surface area contributed by atoms with Crippen molar-refractivity contribution in [3.63, 3.8) is 0 Å². The normalized spacial score (nSPS) is 11.2. The number of nitrogens with one attached hydrogen (secondary N) is 2. The largest absolute Gasteiger partial charge is 0.375 e. The highest BCUT2D eigenvalue weighted by atomic mass is 32.2. The molecule has 2 N–H and O–H groups in total. The Bertz CT molecular complexity index is 859. The first-order valence-corrected chi connectivity index (χ1v) is 9.17. The summed E-state index contributed by atoms with van der Waals surface area (Å²) in [5, 5.41) is 5.54. The van der Waals surface area contributed by atoms with Crippen molar-refractivity contribution >= 4 is 27.1 Å². The summed E-state index contributed by atoms with van der Waals surface area (Å²) in [5.41, 5.74) is 2.78. The second kappa shape index (κ2) is 7.00. The van der Waals surface area contributed by atoms with Crippen molar-refractivity contribution in [1.82, 2.24) is 0 Å². The fourth-order valence-corrected chi connectivity index (χ4v) is 3.19. The van der Waals surface area contributed by atoms with Crippen LogP contribution in [0.25, 0.3) is 0 Å².